The number of rotatable bonds is 3. The monoisotopic (exact) mass is 168 g/mol. The zero-order valence-electron chi connectivity index (χ0n) is 7.74. The van der Waals surface area contributed by atoms with Crippen LogP contribution in [0.5, 0.6) is 0 Å². The molecular weight excluding hydrogens is 152 g/mol. The predicted molar refractivity (Wildman–Crippen MR) is 46.8 cm³/mol. The Balaban J connectivity index is 1.83. The Bertz CT molecular complexity index is 205. The minimum Gasteiger partial charge on any atom is -0.351 e. The van der Waals surface area contributed by atoms with Crippen molar-refractivity contribution in [1.82, 2.24) is 10.6 Å². The Morgan fingerprint density at radius 3 is 2.33 bits per heavy atom. The normalized spacial score (nSPS) is 42.8. The van der Waals surface area contributed by atoms with E-state index in [1.54, 1.807) is 6.92 Å². The average Bonchev–Trinajstić information content (AvgIpc) is 1.79. The van der Waals surface area contributed by atoms with E-state index in [9.17, 15) is 4.79 Å². The molecule has 68 valence electrons. The Morgan fingerprint density at radius 1 is 1.33 bits per heavy atom. The second kappa shape index (κ2) is 2.22. The molecule has 3 rings (SSSR count). The molecule has 3 fully saturated rings. The van der Waals surface area contributed by atoms with Gasteiger partial charge in [-0.2, -0.15) is 0 Å². The number of hydrogen-bond donors (Lipinski definition) is 2. The van der Waals surface area contributed by atoms with Gasteiger partial charge in [-0.25, -0.2) is 0 Å². The van der Waals surface area contributed by atoms with Crippen LogP contribution in [0.4, 0.5) is 0 Å². The zero-order valence-corrected chi connectivity index (χ0v) is 7.74. The highest BCUT2D eigenvalue weighted by atomic mass is 16.1. The molecule has 12 heavy (non-hydrogen) atoms. The maximum atomic E-state index is 10.8. The molecule has 2 N–H and O–H groups in total. The average molecular weight is 168 g/mol. The molecule has 0 aromatic carbocycles. The molecular formula is C9H16N2O. The summed E-state index contributed by atoms with van der Waals surface area (Å²) in [5.41, 5.74) is 0.588. The van der Waals surface area contributed by atoms with Crippen molar-refractivity contribution in [1.29, 1.82) is 0 Å². The molecule has 3 heteroatoms. The standard InChI is InChI=1S/C9H16N2O/c1-3-10-8-4-9(5-8,6-8)11-7(2)12/h10H,3-6H2,1-2H3,(H,11,12). The van der Waals surface area contributed by atoms with Gasteiger partial charge in [-0.1, -0.05) is 6.92 Å². The smallest absolute Gasteiger partial charge is 0.217 e. The Labute approximate surface area is 72.9 Å². The van der Waals surface area contributed by atoms with Crippen molar-refractivity contribution in [2.75, 3.05) is 6.54 Å². The van der Waals surface area contributed by atoms with Gasteiger partial charge in [-0.3, -0.25) is 4.79 Å². The lowest BCUT2D eigenvalue weighted by molar-refractivity contribution is -0.139. The van der Waals surface area contributed by atoms with E-state index in [1.165, 1.54) is 0 Å². The lowest BCUT2D eigenvalue weighted by Crippen LogP contribution is -2.83. The van der Waals surface area contributed by atoms with Gasteiger partial charge in [-0.05, 0) is 25.8 Å². The summed E-state index contributed by atoms with van der Waals surface area (Å²) >= 11 is 0. The number of nitrogens with one attached hydrogen (secondary N) is 2. The fraction of sp³-hybridized carbons (Fsp3) is 0.889. The molecule has 0 unspecified atom stereocenters. The summed E-state index contributed by atoms with van der Waals surface area (Å²) in [7, 11) is 0. The van der Waals surface area contributed by atoms with Crippen LogP contribution in [-0.4, -0.2) is 23.5 Å². The lowest BCUT2D eigenvalue weighted by atomic mass is 9.44. The van der Waals surface area contributed by atoms with Crippen molar-refractivity contribution in [2.45, 2.75) is 44.2 Å². The first-order valence-corrected chi connectivity index (χ1v) is 4.64. The fourth-order valence-electron chi connectivity index (χ4n) is 2.86. The number of carbonyl (C=O) groups is 1. The van der Waals surface area contributed by atoms with E-state index in [0.29, 0.717) is 5.54 Å². The topological polar surface area (TPSA) is 41.1 Å². The van der Waals surface area contributed by atoms with E-state index >= 15 is 0 Å². The Hall–Kier alpha value is -0.570. The summed E-state index contributed by atoms with van der Waals surface area (Å²) in [5, 5.41) is 6.50. The van der Waals surface area contributed by atoms with Gasteiger partial charge in [0.25, 0.3) is 0 Å². The van der Waals surface area contributed by atoms with Gasteiger partial charge < -0.3 is 10.6 Å². The minimum atomic E-state index is 0.111. The molecule has 3 nitrogen and oxygen atoms in total. The summed E-state index contributed by atoms with van der Waals surface area (Å²) in [6.45, 7) is 4.77. The highest BCUT2D eigenvalue weighted by Crippen LogP contribution is 2.60. The molecule has 0 radical (unpaired) electrons. The van der Waals surface area contributed by atoms with Gasteiger partial charge >= 0.3 is 0 Å². The van der Waals surface area contributed by atoms with Crippen LogP contribution >= 0.6 is 0 Å². The third-order valence-corrected chi connectivity index (χ3v) is 3.02. The van der Waals surface area contributed by atoms with Crippen LogP contribution in [0.25, 0.3) is 0 Å². The van der Waals surface area contributed by atoms with Crippen molar-refractivity contribution in [3.05, 3.63) is 0 Å². The first-order chi connectivity index (χ1) is 5.60. The van der Waals surface area contributed by atoms with Crippen LogP contribution in [0.15, 0.2) is 0 Å². The van der Waals surface area contributed by atoms with Gasteiger partial charge in [0.1, 0.15) is 0 Å². The van der Waals surface area contributed by atoms with Crippen LogP contribution in [-0.2, 0) is 4.79 Å². The largest absolute Gasteiger partial charge is 0.351 e. The number of carbonyl (C=O) groups excluding carboxylic acids is 1. The van der Waals surface area contributed by atoms with Crippen molar-refractivity contribution in [3.8, 4) is 0 Å². The van der Waals surface area contributed by atoms with Crippen LogP contribution < -0.4 is 10.6 Å². The van der Waals surface area contributed by atoms with E-state index in [1.807, 2.05) is 0 Å². The maximum absolute atomic E-state index is 10.8. The quantitative estimate of drug-likeness (QED) is 0.640. The van der Waals surface area contributed by atoms with Gasteiger partial charge in [0.15, 0.2) is 0 Å². The summed E-state index contributed by atoms with van der Waals surface area (Å²) < 4.78 is 0. The SMILES string of the molecule is CCNC12CC(NC(C)=O)(C1)C2. The molecule has 0 aromatic heterocycles. The lowest BCUT2D eigenvalue weighted by Gasteiger charge is -2.70. The molecule has 3 saturated carbocycles. The van der Waals surface area contributed by atoms with E-state index < -0.39 is 0 Å². The van der Waals surface area contributed by atoms with E-state index in [-0.39, 0.29) is 11.4 Å². The van der Waals surface area contributed by atoms with Crippen LogP contribution in [0.3, 0.4) is 0 Å². The summed E-state index contributed by atoms with van der Waals surface area (Å²) in [5.74, 6) is 0.111. The molecule has 3 aliphatic carbocycles. The zero-order chi connectivity index (χ0) is 8.82. The van der Waals surface area contributed by atoms with Gasteiger partial charge in [0.2, 0.25) is 5.91 Å². The fourth-order valence-corrected chi connectivity index (χ4v) is 2.86. The molecule has 2 bridgehead atoms. The van der Waals surface area contributed by atoms with E-state index in [0.717, 1.165) is 25.8 Å². The molecule has 1 amide bonds. The summed E-state index contributed by atoms with van der Waals surface area (Å²) in [6, 6.07) is 0. The predicted octanol–water partition coefficient (Wildman–Crippen LogP) is 0.407. The molecule has 0 atom stereocenters. The van der Waals surface area contributed by atoms with Gasteiger partial charge in [0.05, 0.1) is 0 Å². The second-order valence-corrected chi connectivity index (χ2v) is 4.30. The molecule has 0 spiro atoms. The summed E-state index contributed by atoms with van der Waals surface area (Å²) in [6.07, 6.45) is 3.40. The van der Waals surface area contributed by atoms with Crippen molar-refractivity contribution >= 4 is 5.91 Å². The second-order valence-electron chi connectivity index (χ2n) is 4.30. The number of amides is 1. The van der Waals surface area contributed by atoms with E-state index in [4.69, 9.17) is 0 Å². The Kier molecular flexibility index (Phi) is 1.49. The van der Waals surface area contributed by atoms with Crippen LogP contribution in [0.2, 0.25) is 0 Å². The van der Waals surface area contributed by atoms with Crippen molar-refractivity contribution < 1.29 is 4.79 Å². The molecule has 0 aliphatic heterocycles. The molecule has 0 aromatic rings. The van der Waals surface area contributed by atoms with Gasteiger partial charge in [-0.15, -0.1) is 0 Å². The molecule has 3 aliphatic rings. The minimum absolute atomic E-state index is 0.111. The third-order valence-electron chi connectivity index (χ3n) is 3.02. The highest BCUT2D eigenvalue weighted by molar-refractivity contribution is 5.74. The maximum Gasteiger partial charge on any atom is 0.217 e. The summed E-state index contributed by atoms with van der Waals surface area (Å²) in [4.78, 5) is 10.8. The first-order valence-electron chi connectivity index (χ1n) is 4.64. The third kappa shape index (κ3) is 0.959. The van der Waals surface area contributed by atoms with Crippen LogP contribution in [0.1, 0.15) is 33.1 Å². The molecule has 0 saturated heterocycles. The number of hydrogen-bond acceptors (Lipinski definition) is 2. The van der Waals surface area contributed by atoms with Crippen LogP contribution in [0, 0.1) is 0 Å². The Morgan fingerprint density at radius 2 is 1.92 bits per heavy atom. The van der Waals surface area contributed by atoms with Crippen molar-refractivity contribution in [3.63, 3.8) is 0 Å². The molecule has 0 heterocycles. The van der Waals surface area contributed by atoms with Gasteiger partial charge in [0, 0.05) is 18.0 Å². The highest BCUT2D eigenvalue weighted by Gasteiger charge is 2.67. The first kappa shape index (κ1) is 8.05. The van der Waals surface area contributed by atoms with E-state index in [2.05, 4.69) is 17.6 Å². The van der Waals surface area contributed by atoms with Crippen molar-refractivity contribution in [2.24, 2.45) is 0 Å².